The summed E-state index contributed by atoms with van der Waals surface area (Å²) in [6, 6.07) is 11.0. The van der Waals surface area contributed by atoms with Gasteiger partial charge in [-0.15, -0.1) is 0 Å². The maximum Gasteiger partial charge on any atom is 0.422 e. The Morgan fingerprint density at radius 2 is 1.44 bits per heavy atom. The van der Waals surface area contributed by atoms with Crippen molar-refractivity contribution in [2.45, 2.75) is 25.4 Å². The van der Waals surface area contributed by atoms with Crippen LogP contribution < -0.4 is 10.1 Å². The molecule has 0 aliphatic carbocycles. The summed E-state index contributed by atoms with van der Waals surface area (Å²) < 4.78 is 78.6. The first-order chi connectivity index (χ1) is 11.6. The molecule has 0 heterocycles. The van der Waals surface area contributed by atoms with Crippen molar-refractivity contribution in [3.05, 3.63) is 65.2 Å². The molecule has 0 aliphatic rings. The number of hydrogen-bond acceptors (Lipinski definition) is 2. The summed E-state index contributed by atoms with van der Waals surface area (Å²) >= 11 is 0. The van der Waals surface area contributed by atoms with E-state index in [2.05, 4.69) is 10.1 Å². The highest BCUT2D eigenvalue weighted by molar-refractivity contribution is 5.28. The SMILES string of the molecule is FC(F)(F)COc1ccc(CNCc2cccc(C(F)(F)F)c2)cc1. The van der Waals surface area contributed by atoms with Gasteiger partial charge in [0.15, 0.2) is 6.61 Å². The molecule has 0 radical (unpaired) electrons. The van der Waals surface area contributed by atoms with E-state index in [-0.39, 0.29) is 12.3 Å². The van der Waals surface area contributed by atoms with Gasteiger partial charge in [-0.1, -0.05) is 30.3 Å². The Labute approximate surface area is 140 Å². The summed E-state index contributed by atoms with van der Waals surface area (Å²) in [4.78, 5) is 0. The smallest absolute Gasteiger partial charge is 0.422 e. The molecule has 0 unspecified atom stereocenters. The van der Waals surface area contributed by atoms with Crippen LogP contribution in [-0.2, 0) is 19.3 Å². The van der Waals surface area contributed by atoms with E-state index < -0.39 is 24.5 Å². The van der Waals surface area contributed by atoms with Crippen LogP contribution in [0.2, 0.25) is 0 Å². The van der Waals surface area contributed by atoms with Gasteiger partial charge in [-0.2, -0.15) is 26.3 Å². The van der Waals surface area contributed by atoms with Crippen LogP contribution in [0.15, 0.2) is 48.5 Å². The van der Waals surface area contributed by atoms with Crippen LogP contribution in [0.5, 0.6) is 5.75 Å². The van der Waals surface area contributed by atoms with Crippen LogP contribution in [0.25, 0.3) is 0 Å². The molecule has 0 atom stereocenters. The zero-order valence-corrected chi connectivity index (χ0v) is 12.9. The first kappa shape index (κ1) is 19.1. The Morgan fingerprint density at radius 3 is 2.04 bits per heavy atom. The summed E-state index contributed by atoms with van der Waals surface area (Å²) in [7, 11) is 0. The Balaban J connectivity index is 1.84. The number of benzene rings is 2. The van der Waals surface area contributed by atoms with Crippen LogP contribution in [0.3, 0.4) is 0 Å². The van der Waals surface area contributed by atoms with E-state index in [4.69, 9.17) is 0 Å². The lowest BCUT2D eigenvalue weighted by Crippen LogP contribution is -2.19. The average molecular weight is 363 g/mol. The lowest BCUT2D eigenvalue weighted by molar-refractivity contribution is -0.153. The summed E-state index contributed by atoms with van der Waals surface area (Å²) in [6.45, 7) is -0.772. The number of halogens is 6. The predicted octanol–water partition coefficient (Wildman–Crippen LogP) is 4.94. The highest BCUT2D eigenvalue weighted by Gasteiger charge is 2.30. The first-order valence-electron chi connectivity index (χ1n) is 7.29. The largest absolute Gasteiger partial charge is 0.484 e. The van der Waals surface area contributed by atoms with Gasteiger partial charge in [0.25, 0.3) is 0 Å². The van der Waals surface area contributed by atoms with Crippen molar-refractivity contribution in [1.82, 2.24) is 5.32 Å². The van der Waals surface area contributed by atoms with Crippen molar-refractivity contribution < 1.29 is 31.1 Å². The van der Waals surface area contributed by atoms with E-state index in [1.54, 1.807) is 18.2 Å². The van der Waals surface area contributed by atoms with Gasteiger partial charge in [-0.05, 0) is 29.3 Å². The van der Waals surface area contributed by atoms with Crippen molar-refractivity contribution >= 4 is 0 Å². The van der Waals surface area contributed by atoms with Crippen molar-refractivity contribution in [1.29, 1.82) is 0 Å². The lowest BCUT2D eigenvalue weighted by atomic mass is 10.1. The monoisotopic (exact) mass is 363 g/mol. The molecule has 1 N–H and O–H groups in total. The Bertz CT molecular complexity index is 679. The Morgan fingerprint density at radius 1 is 0.800 bits per heavy atom. The normalized spacial score (nSPS) is 12.2. The van der Waals surface area contributed by atoms with Crippen LogP contribution in [0.4, 0.5) is 26.3 Å². The molecule has 0 bridgehead atoms. The Kier molecular flexibility index (Phi) is 5.94. The zero-order chi connectivity index (χ0) is 18.5. The second-order valence-corrected chi connectivity index (χ2v) is 5.35. The summed E-state index contributed by atoms with van der Waals surface area (Å²) in [5.74, 6) is 0.0963. The molecule has 0 aliphatic heterocycles. The maximum absolute atomic E-state index is 12.6. The van der Waals surface area contributed by atoms with Gasteiger partial charge < -0.3 is 10.1 Å². The highest BCUT2D eigenvalue weighted by Crippen LogP contribution is 2.29. The van der Waals surface area contributed by atoms with Crippen molar-refractivity contribution in [2.24, 2.45) is 0 Å². The minimum atomic E-state index is -4.40. The van der Waals surface area contributed by atoms with E-state index in [0.29, 0.717) is 12.1 Å². The van der Waals surface area contributed by atoms with Crippen molar-refractivity contribution in [3.8, 4) is 5.75 Å². The molecular formula is C17H15F6NO. The number of hydrogen-bond donors (Lipinski definition) is 1. The molecule has 0 fully saturated rings. The average Bonchev–Trinajstić information content (AvgIpc) is 2.53. The fraction of sp³-hybridized carbons (Fsp3) is 0.294. The van der Waals surface area contributed by atoms with Gasteiger partial charge in [-0.25, -0.2) is 0 Å². The maximum atomic E-state index is 12.6. The second-order valence-electron chi connectivity index (χ2n) is 5.35. The topological polar surface area (TPSA) is 21.3 Å². The molecular weight excluding hydrogens is 348 g/mol. The van der Waals surface area contributed by atoms with Crippen LogP contribution in [0.1, 0.15) is 16.7 Å². The lowest BCUT2D eigenvalue weighted by Gasteiger charge is -2.11. The van der Waals surface area contributed by atoms with Gasteiger partial charge in [0, 0.05) is 13.1 Å². The number of nitrogens with one attached hydrogen (secondary N) is 1. The van der Waals surface area contributed by atoms with Crippen molar-refractivity contribution in [2.75, 3.05) is 6.61 Å². The van der Waals surface area contributed by atoms with E-state index in [1.807, 2.05) is 0 Å². The van der Waals surface area contributed by atoms with Crippen molar-refractivity contribution in [3.63, 3.8) is 0 Å². The Hall–Kier alpha value is -2.22. The standard InChI is InChI=1S/C17H15F6NO/c18-16(19,20)11-25-15-6-4-12(5-7-15)9-24-10-13-2-1-3-14(8-13)17(21,22)23/h1-8,24H,9-11H2. The van der Waals surface area contributed by atoms with E-state index in [9.17, 15) is 26.3 Å². The third-order valence-corrected chi connectivity index (χ3v) is 3.24. The van der Waals surface area contributed by atoms with Gasteiger partial charge in [0.1, 0.15) is 5.75 Å². The molecule has 0 spiro atoms. The first-order valence-corrected chi connectivity index (χ1v) is 7.29. The highest BCUT2D eigenvalue weighted by atomic mass is 19.4. The molecule has 8 heteroatoms. The second kappa shape index (κ2) is 7.77. The molecule has 0 saturated heterocycles. The minimum Gasteiger partial charge on any atom is -0.484 e. The van der Waals surface area contributed by atoms with Gasteiger partial charge in [0.05, 0.1) is 5.56 Å². The number of ether oxygens (including phenoxy) is 1. The third-order valence-electron chi connectivity index (χ3n) is 3.24. The quantitative estimate of drug-likeness (QED) is 0.735. The third kappa shape index (κ3) is 6.66. The van der Waals surface area contributed by atoms with Crippen LogP contribution in [0, 0.1) is 0 Å². The minimum absolute atomic E-state index is 0.0963. The molecule has 25 heavy (non-hydrogen) atoms. The van der Waals surface area contributed by atoms with Gasteiger partial charge in [-0.3, -0.25) is 0 Å². The van der Waals surface area contributed by atoms with E-state index >= 15 is 0 Å². The number of rotatable bonds is 6. The van der Waals surface area contributed by atoms with E-state index in [0.717, 1.165) is 17.7 Å². The fourth-order valence-corrected chi connectivity index (χ4v) is 2.08. The van der Waals surface area contributed by atoms with Gasteiger partial charge in [0.2, 0.25) is 0 Å². The number of alkyl halides is 6. The fourth-order valence-electron chi connectivity index (χ4n) is 2.08. The molecule has 2 aromatic carbocycles. The summed E-state index contributed by atoms with van der Waals surface area (Å²) in [5.41, 5.74) is 0.546. The van der Waals surface area contributed by atoms with E-state index in [1.165, 1.54) is 18.2 Å². The molecule has 2 aromatic rings. The van der Waals surface area contributed by atoms with Gasteiger partial charge >= 0.3 is 12.4 Å². The summed E-state index contributed by atoms with van der Waals surface area (Å²) in [5, 5.41) is 2.98. The molecule has 2 rings (SSSR count). The molecule has 136 valence electrons. The predicted molar refractivity (Wildman–Crippen MR) is 80.0 cm³/mol. The van der Waals surface area contributed by atoms with Crippen LogP contribution in [-0.4, -0.2) is 12.8 Å². The summed E-state index contributed by atoms with van der Waals surface area (Å²) in [6.07, 6.45) is -8.78. The molecule has 0 aromatic heterocycles. The van der Waals surface area contributed by atoms with Crippen LogP contribution >= 0.6 is 0 Å². The molecule has 0 saturated carbocycles. The molecule has 0 amide bonds. The molecule has 2 nitrogen and oxygen atoms in total. The zero-order valence-electron chi connectivity index (χ0n) is 12.9.